The van der Waals surface area contributed by atoms with E-state index in [9.17, 15) is 4.39 Å². The van der Waals surface area contributed by atoms with Gasteiger partial charge in [0.25, 0.3) is 0 Å². The average Bonchev–Trinajstić information content (AvgIpc) is 2.50. The first-order valence-electron chi connectivity index (χ1n) is 6.41. The lowest BCUT2D eigenvalue weighted by molar-refractivity contribution is 0.623. The Bertz CT molecular complexity index is 725. The van der Waals surface area contributed by atoms with Gasteiger partial charge < -0.3 is 5.32 Å². The number of rotatable bonds is 3. The number of nitrogens with zero attached hydrogens (tertiary/aromatic N) is 2. The molecule has 4 heteroatoms. The predicted octanol–water partition coefficient (Wildman–Crippen LogP) is 3.08. The van der Waals surface area contributed by atoms with E-state index in [-0.39, 0.29) is 11.9 Å². The summed E-state index contributed by atoms with van der Waals surface area (Å²) in [5.74, 6) is -0.229. The fourth-order valence-corrected chi connectivity index (χ4v) is 2.34. The van der Waals surface area contributed by atoms with E-state index < -0.39 is 0 Å². The number of aromatic nitrogens is 2. The van der Waals surface area contributed by atoms with Crippen molar-refractivity contribution in [3.05, 3.63) is 71.8 Å². The Morgan fingerprint density at radius 2 is 1.55 bits per heavy atom. The molecule has 0 fully saturated rings. The standard InChI is InChI=1S/C16H14FN3/c1-18-16(11-2-5-13(17)6-3-11)12-4-7-14-15(10-12)20-9-8-19-14/h2-10,16,18H,1H3. The van der Waals surface area contributed by atoms with Crippen LogP contribution in [-0.4, -0.2) is 17.0 Å². The van der Waals surface area contributed by atoms with Gasteiger partial charge in [-0.05, 0) is 42.4 Å². The van der Waals surface area contributed by atoms with E-state index >= 15 is 0 Å². The van der Waals surface area contributed by atoms with Crippen molar-refractivity contribution in [1.82, 2.24) is 15.3 Å². The van der Waals surface area contributed by atoms with Crippen molar-refractivity contribution in [3.8, 4) is 0 Å². The van der Waals surface area contributed by atoms with Gasteiger partial charge in [-0.2, -0.15) is 0 Å². The Morgan fingerprint density at radius 3 is 2.25 bits per heavy atom. The summed E-state index contributed by atoms with van der Waals surface area (Å²) in [4.78, 5) is 8.58. The summed E-state index contributed by atoms with van der Waals surface area (Å²) in [5, 5.41) is 3.25. The zero-order valence-corrected chi connectivity index (χ0v) is 11.0. The first-order valence-corrected chi connectivity index (χ1v) is 6.41. The Balaban J connectivity index is 2.04. The fraction of sp³-hybridized carbons (Fsp3) is 0.125. The van der Waals surface area contributed by atoms with Crippen molar-refractivity contribution in [3.63, 3.8) is 0 Å². The topological polar surface area (TPSA) is 37.8 Å². The molecule has 1 unspecified atom stereocenters. The SMILES string of the molecule is CNC(c1ccc(F)cc1)c1ccc2nccnc2c1. The minimum atomic E-state index is -0.229. The molecule has 1 heterocycles. The largest absolute Gasteiger partial charge is 0.309 e. The second kappa shape index (κ2) is 5.35. The van der Waals surface area contributed by atoms with E-state index in [0.29, 0.717) is 0 Å². The number of hydrogen-bond acceptors (Lipinski definition) is 3. The molecule has 0 bridgehead atoms. The second-order valence-electron chi connectivity index (χ2n) is 4.58. The van der Waals surface area contributed by atoms with Gasteiger partial charge in [-0.3, -0.25) is 9.97 Å². The number of hydrogen-bond donors (Lipinski definition) is 1. The van der Waals surface area contributed by atoms with Gasteiger partial charge in [0.1, 0.15) is 5.82 Å². The molecule has 1 atom stereocenters. The molecule has 0 amide bonds. The van der Waals surface area contributed by atoms with Crippen molar-refractivity contribution >= 4 is 11.0 Å². The van der Waals surface area contributed by atoms with Crippen molar-refractivity contribution in [2.75, 3.05) is 7.05 Å². The summed E-state index contributed by atoms with van der Waals surface area (Å²) in [5.41, 5.74) is 3.81. The Kier molecular flexibility index (Phi) is 3.39. The monoisotopic (exact) mass is 267 g/mol. The van der Waals surface area contributed by atoms with E-state index in [1.54, 1.807) is 24.5 Å². The van der Waals surface area contributed by atoms with Gasteiger partial charge in [0.15, 0.2) is 0 Å². The summed E-state index contributed by atoms with van der Waals surface area (Å²) >= 11 is 0. The highest BCUT2D eigenvalue weighted by molar-refractivity contribution is 5.74. The Hall–Kier alpha value is -2.33. The molecule has 0 aliphatic heterocycles. The smallest absolute Gasteiger partial charge is 0.123 e. The lowest BCUT2D eigenvalue weighted by Gasteiger charge is -2.17. The predicted molar refractivity (Wildman–Crippen MR) is 76.8 cm³/mol. The van der Waals surface area contributed by atoms with Crippen molar-refractivity contribution in [2.24, 2.45) is 0 Å². The molecule has 100 valence electrons. The maximum atomic E-state index is 13.0. The number of benzene rings is 2. The molecule has 0 spiro atoms. The molecule has 0 saturated carbocycles. The van der Waals surface area contributed by atoms with Gasteiger partial charge in [-0.15, -0.1) is 0 Å². The zero-order chi connectivity index (χ0) is 13.9. The van der Waals surface area contributed by atoms with Gasteiger partial charge in [0.05, 0.1) is 17.1 Å². The lowest BCUT2D eigenvalue weighted by Crippen LogP contribution is -2.17. The quantitative estimate of drug-likeness (QED) is 0.792. The molecule has 3 aromatic rings. The van der Waals surface area contributed by atoms with Crippen LogP contribution in [0.25, 0.3) is 11.0 Å². The zero-order valence-electron chi connectivity index (χ0n) is 11.0. The number of halogens is 1. The molecule has 0 aliphatic carbocycles. The molecule has 1 N–H and O–H groups in total. The van der Waals surface area contributed by atoms with E-state index in [0.717, 1.165) is 22.2 Å². The van der Waals surface area contributed by atoms with Crippen LogP contribution < -0.4 is 5.32 Å². The second-order valence-corrected chi connectivity index (χ2v) is 4.58. The fourth-order valence-electron chi connectivity index (χ4n) is 2.34. The van der Waals surface area contributed by atoms with E-state index in [2.05, 4.69) is 15.3 Å². The first kappa shape index (κ1) is 12.7. The van der Waals surface area contributed by atoms with Crippen LogP contribution in [0.3, 0.4) is 0 Å². The van der Waals surface area contributed by atoms with Crippen LogP contribution in [0.15, 0.2) is 54.9 Å². The van der Waals surface area contributed by atoms with Crippen LogP contribution in [0, 0.1) is 5.82 Å². The van der Waals surface area contributed by atoms with Crippen LogP contribution >= 0.6 is 0 Å². The molecule has 1 aromatic heterocycles. The highest BCUT2D eigenvalue weighted by Crippen LogP contribution is 2.24. The number of nitrogens with one attached hydrogen (secondary N) is 1. The van der Waals surface area contributed by atoms with E-state index in [1.165, 1.54) is 12.1 Å². The molecule has 0 aliphatic rings. The molecular weight excluding hydrogens is 253 g/mol. The molecule has 0 radical (unpaired) electrons. The number of fused-ring (bicyclic) bond motifs is 1. The Morgan fingerprint density at radius 1 is 0.900 bits per heavy atom. The van der Waals surface area contributed by atoms with E-state index in [4.69, 9.17) is 0 Å². The maximum absolute atomic E-state index is 13.0. The summed E-state index contributed by atoms with van der Waals surface area (Å²) in [6.45, 7) is 0. The van der Waals surface area contributed by atoms with Gasteiger partial charge in [-0.1, -0.05) is 18.2 Å². The van der Waals surface area contributed by atoms with Crippen LogP contribution in [0.5, 0.6) is 0 Å². The average molecular weight is 267 g/mol. The van der Waals surface area contributed by atoms with Crippen LogP contribution in [0.4, 0.5) is 4.39 Å². The van der Waals surface area contributed by atoms with Crippen molar-refractivity contribution in [1.29, 1.82) is 0 Å². The highest BCUT2D eigenvalue weighted by atomic mass is 19.1. The molecule has 2 aromatic carbocycles. The lowest BCUT2D eigenvalue weighted by atomic mass is 9.98. The third-order valence-electron chi connectivity index (χ3n) is 3.32. The van der Waals surface area contributed by atoms with Crippen molar-refractivity contribution < 1.29 is 4.39 Å². The first-order chi connectivity index (χ1) is 9.78. The molecular formula is C16H14FN3. The third kappa shape index (κ3) is 2.38. The molecule has 20 heavy (non-hydrogen) atoms. The minimum Gasteiger partial charge on any atom is -0.309 e. The van der Waals surface area contributed by atoms with Gasteiger partial charge in [0.2, 0.25) is 0 Å². The normalized spacial score (nSPS) is 12.5. The highest BCUT2D eigenvalue weighted by Gasteiger charge is 2.12. The van der Waals surface area contributed by atoms with Gasteiger partial charge in [-0.25, -0.2) is 4.39 Å². The maximum Gasteiger partial charge on any atom is 0.123 e. The summed E-state index contributed by atoms with van der Waals surface area (Å²) in [6.07, 6.45) is 3.36. The van der Waals surface area contributed by atoms with Gasteiger partial charge in [0, 0.05) is 12.4 Å². The summed E-state index contributed by atoms with van der Waals surface area (Å²) in [6, 6.07) is 12.5. The van der Waals surface area contributed by atoms with Crippen LogP contribution in [0.1, 0.15) is 17.2 Å². The molecule has 0 saturated heterocycles. The van der Waals surface area contributed by atoms with Crippen LogP contribution in [-0.2, 0) is 0 Å². The third-order valence-corrected chi connectivity index (χ3v) is 3.32. The molecule has 3 rings (SSSR count). The van der Waals surface area contributed by atoms with Crippen LogP contribution in [0.2, 0.25) is 0 Å². The summed E-state index contributed by atoms with van der Waals surface area (Å²) in [7, 11) is 1.88. The van der Waals surface area contributed by atoms with Crippen molar-refractivity contribution in [2.45, 2.75) is 6.04 Å². The van der Waals surface area contributed by atoms with E-state index in [1.807, 2.05) is 25.2 Å². The molecule has 3 nitrogen and oxygen atoms in total. The Labute approximate surface area is 116 Å². The summed E-state index contributed by atoms with van der Waals surface area (Å²) < 4.78 is 13.0. The minimum absolute atomic E-state index is 0.00186. The van der Waals surface area contributed by atoms with Gasteiger partial charge >= 0.3 is 0 Å².